The maximum atomic E-state index is 12.3. The van der Waals surface area contributed by atoms with Crippen molar-refractivity contribution in [1.82, 2.24) is 4.98 Å². The maximum Gasteiger partial charge on any atom is 0.275 e. The maximum absolute atomic E-state index is 12.3. The number of thiazole rings is 1. The second-order valence-electron chi connectivity index (χ2n) is 6.42. The van der Waals surface area contributed by atoms with Gasteiger partial charge in [0.2, 0.25) is 0 Å². The summed E-state index contributed by atoms with van der Waals surface area (Å²) in [5.41, 5.74) is 7.50. The van der Waals surface area contributed by atoms with E-state index < -0.39 is 10.8 Å². The molecule has 0 fully saturated rings. The number of aromatic nitrogens is 1. The Balaban J connectivity index is 0.00000312. The fourth-order valence-corrected chi connectivity index (χ4v) is 3.66. The minimum atomic E-state index is -0.980. The number of amides is 1. The Labute approximate surface area is 161 Å². The molecular formula is C17H24ClN3O2S2. The van der Waals surface area contributed by atoms with Gasteiger partial charge < -0.3 is 11.1 Å². The van der Waals surface area contributed by atoms with E-state index in [1.807, 2.05) is 45.0 Å². The van der Waals surface area contributed by atoms with Crippen LogP contribution in [-0.4, -0.2) is 26.4 Å². The highest BCUT2D eigenvalue weighted by Crippen LogP contribution is 2.19. The van der Waals surface area contributed by atoms with E-state index in [-0.39, 0.29) is 23.1 Å². The Morgan fingerprint density at radius 2 is 2.08 bits per heavy atom. The molecule has 138 valence electrons. The van der Waals surface area contributed by atoms with Gasteiger partial charge >= 0.3 is 0 Å². The summed E-state index contributed by atoms with van der Waals surface area (Å²) >= 11 is 1.44. The third-order valence-electron chi connectivity index (χ3n) is 3.31. The number of rotatable bonds is 6. The molecule has 5 nitrogen and oxygen atoms in total. The molecule has 25 heavy (non-hydrogen) atoms. The largest absolute Gasteiger partial charge is 0.330 e. The van der Waals surface area contributed by atoms with Gasteiger partial charge in [0.25, 0.3) is 5.91 Å². The van der Waals surface area contributed by atoms with Crippen LogP contribution in [0.15, 0.2) is 29.6 Å². The molecule has 0 saturated heterocycles. The monoisotopic (exact) mass is 401 g/mol. The molecule has 0 aliphatic heterocycles. The first kappa shape index (κ1) is 21.8. The van der Waals surface area contributed by atoms with Crippen molar-refractivity contribution in [2.45, 2.75) is 37.7 Å². The van der Waals surface area contributed by atoms with E-state index in [0.29, 0.717) is 30.1 Å². The normalized spacial score (nSPS) is 12.3. The number of nitrogens with zero attached hydrogens (tertiary/aromatic N) is 1. The smallest absolute Gasteiger partial charge is 0.275 e. The van der Waals surface area contributed by atoms with E-state index in [2.05, 4.69) is 10.3 Å². The molecule has 1 heterocycles. The van der Waals surface area contributed by atoms with Crippen LogP contribution in [0, 0.1) is 0 Å². The van der Waals surface area contributed by atoms with Crippen molar-refractivity contribution in [3.05, 3.63) is 45.9 Å². The molecule has 1 aromatic heterocycles. The number of nitrogens with one attached hydrogen (secondary N) is 1. The van der Waals surface area contributed by atoms with E-state index >= 15 is 0 Å². The Morgan fingerprint density at radius 3 is 2.72 bits per heavy atom. The minimum absolute atomic E-state index is 0. The van der Waals surface area contributed by atoms with Crippen molar-refractivity contribution in [3.8, 4) is 0 Å². The van der Waals surface area contributed by atoms with Crippen LogP contribution in [0.3, 0.4) is 0 Å². The lowest BCUT2D eigenvalue weighted by atomic mass is 10.2. The van der Waals surface area contributed by atoms with Gasteiger partial charge in [0.1, 0.15) is 5.69 Å². The lowest BCUT2D eigenvalue weighted by molar-refractivity contribution is 0.102. The van der Waals surface area contributed by atoms with Gasteiger partial charge in [0.15, 0.2) is 0 Å². The van der Waals surface area contributed by atoms with E-state index in [4.69, 9.17) is 5.73 Å². The number of halogens is 1. The summed E-state index contributed by atoms with van der Waals surface area (Å²) in [4.78, 5) is 16.5. The summed E-state index contributed by atoms with van der Waals surface area (Å²) < 4.78 is 12.0. The van der Waals surface area contributed by atoms with Crippen molar-refractivity contribution < 1.29 is 9.00 Å². The molecule has 3 N–H and O–H groups in total. The van der Waals surface area contributed by atoms with Crippen molar-refractivity contribution in [1.29, 1.82) is 0 Å². The average Bonchev–Trinajstić information content (AvgIpc) is 2.96. The molecule has 0 bridgehead atoms. The highest BCUT2D eigenvalue weighted by atomic mass is 35.5. The number of benzene rings is 1. The Bertz CT molecular complexity index is 741. The topological polar surface area (TPSA) is 85.1 Å². The van der Waals surface area contributed by atoms with Gasteiger partial charge in [0, 0.05) is 38.8 Å². The van der Waals surface area contributed by atoms with Crippen molar-refractivity contribution in [2.24, 2.45) is 5.73 Å². The molecule has 0 radical (unpaired) electrons. The van der Waals surface area contributed by atoms with Crippen LogP contribution in [0.5, 0.6) is 0 Å². The van der Waals surface area contributed by atoms with Crippen molar-refractivity contribution in [2.75, 3.05) is 11.9 Å². The molecule has 0 saturated carbocycles. The molecule has 1 atom stereocenters. The quantitative estimate of drug-likeness (QED) is 0.777. The van der Waals surface area contributed by atoms with Crippen LogP contribution in [0.4, 0.5) is 5.69 Å². The fourth-order valence-electron chi connectivity index (χ4n) is 1.96. The first-order valence-corrected chi connectivity index (χ1v) is 9.92. The van der Waals surface area contributed by atoms with Crippen molar-refractivity contribution in [3.63, 3.8) is 0 Å². The third kappa shape index (κ3) is 6.51. The molecular weight excluding hydrogens is 378 g/mol. The second kappa shape index (κ2) is 9.43. The van der Waals surface area contributed by atoms with Gasteiger partial charge in [-0.1, -0.05) is 12.1 Å². The van der Waals surface area contributed by atoms with Gasteiger partial charge in [-0.25, -0.2) is 4.98 Å². The van der Waals surface area contributed by atoms with Gasteiger partial charge in [-0.15, -0.1) is 23.7 Å². The molecule has 1 amide bonds. The Kier molecular flexibility index (Phi) is 8.21. The lowest BCUT2D eigenvalue weighted by Gasteiger charge is -2.17. The number of anilines is 1. The van der Waals surface area contributed by atoms with Gasteiger partial charge in [0.05, 0.1) is 5.01 Å². The first-order valence-electron chi connectivity index (χ1n) is 7.73. The summed E-state index contributed by atoms with van der Waals surface area (Å²) in [6.07, 6.45) is 0.673. The molecule has 1 unspecified atom stereocenters. The van der Waals surface area contributed by atoms with E-state index in [9.17, 15) is 9.00 Å². The van der Waals surface area contributed by atoms with Crippen LogP contribution < -0.4 is 11.1 Å². The number of hydrogen-bond donors (Lipinski definition) is 2. The molecule has 0 aliphatic rings. The lowest BCUT2D eigenvalue weighted by Crippen LogP contribution is -2.23. The van der Waals surface area contributed by atoms with Crippen LogP contribution in [0.2, 0.25) is 0 Å². The van der Waals surface area contributed by atoms with E-state index in [1.54, 1.807) is 5.38 Å². The Hall–Kier alpha value is -1.28. The van der Waals surface area contributed by atoms with Crippen LogP contribution >= 0.6 is 23.7 Å². The summed E-state index contributed by atoms with van der Waals surface area (Å²) in [5, 5.41) is 5.43. The molecule has 0 spiro atoms. The van der Waals surface area contributed by atoms with Gasteiger partial charge in [-0.2, -0.15) is 0 Å². The third-order valence-corrected chi connectivity index (χ3v) is 6.18. The number of carbonyl (C=O) groups excluding carboxylic acids is 1. The van der Waals surface area contributed by atoms with Crippen LogP contribution in [0.1, 0.15) is 41.8 Å². The van der Waals surface area contributed by atoms with Gasteiger partial charge in [-0.3, -0.25) is 9.00 Å². The van der Waals surface area contributed by atoms with E-state index in [0.717, 1.165) is 10.6 Å². The number of nitrogens with two attached hydrogens (primary N) is 1. The summed E-state index contributed by atoms with van der Waals surface area (Å²) in [6, 6.07) is 7.44. The standard InChI is InChI=1S/C17H23N3O2S2.ClH/c1-17(2,3)24(22)11-12-5-4-6-13(9-12)19-16(21)14-10-23-15(20-14)7-8-18;/h4-6,9-10H,7-8,11,18H2,1-3H3,(H,19,21);1H. The molecule has 2 aromatic rings. The number of hydrogen-bond acceptors (Lipinski definition) is 5. The summed E-state index contributed by atoms with van der Waals surface area (Å²) in [7, 11) is -0.980. The zero-order valence-corrected chi connectivity index (χ0v) is 17.0. The zero-order valence-electron chi connectivity index (χ0n) is 14.6. The molecule has 0 aliphatic carbocycles. The van der Waals surface area contributed by atoms with E-state index in [1.165, 1.54) is 11.3 Å². The minimum Gasteiger partial charge on any atom is -0.330 e. The Morgan fingerprint density at radius 1 is 1.36 bits per heavy atom. The average molecular weight is 402 g/mol. The van der Waals surface area contributed by atoms with Crippen molar-refractivity contribution >= 4 is 46.1 Å². The predicted octanol–water partition coefficient (Wildman–Crippen LogP) is 3.37. The zero-order chi connectivity index (χ0) is 17.7. The van der Waals surface area contributed by atoms with Crippen LogP contribution in [0.25, 0.3) is 0 Å². The summed E-state index contributed by atoms with van der Waals surface area (Å²) in [5.74, 6) is 0.216. The number of carbonyl (C=O) groups is 1. The van der Waals surface area contributed by atoms with Crippen LogP contribution in [-0.2, 0) is 23.0 Å². The second-order valence-corrected chi connectivity index (χ2v) is 9.57. The molecule has 8 heteroatoms. The fraction of sp³-hybridized carbons (Fsp3) is 0.412. The SMILES string of the molecule is CC(C)(C)S(=O)Cc1cccc(NC(=O)c2csc(CCN)n2)c1.Cl. The first-order chi connectivity index (χ1) is 11.3. The molecule has 1 aromatic carbocycles. The summed E-state index contributed by atoms with van der Waals surface area (Å²) in [6.45, 7) is 6.38. The van der Waals surface area contributed by atoms with Gasteiger partial charge in [-0.05, 0) is 45.0 Å². The molecule has 2 rings (SSSR count). The highest BCUT2D eigenvalue weighted by molar-refractivity contribution is 7.85. The predicted molar refractivity (Wildman–Crippen MR) is 108 cm³/mol. The highest BCUT2D eigenvalue weighted by Gasteiger charge is 2.19.